The predicted octanol–water partition coefficient (Wildman–Crippen LogP) is -15.9. The van der Waals surface area contributed by atoms with E-state index in [4.69, 9.17) is 86.4 Å². The van der Waals surface area contributed by atoms with Gasteiger partial charge in [-0.1, -0.05) is 0 Å². The maximum atomic E-state index is 11.3. The molecule has 21 heterocycles. The molecule has 0 radical (unpaired) electrons. The Labute approximate surface area is 500 Å². The number of aliphatic hydroxyl groups is 24. The molecule has 39 heteroatoms. The molecule has 0 amide bonds. The molecule has 39 nitrogen and oxygen atoms in total. The summed E-state index contributed by atoms with van der Waals surface area (Å²) in [6.07, 6.45) is -71.2. The van der Waals surface area contributed by atoms with Crippen molar-refractivity contribution < 1.29 is 194 Å². The van der Waals surface area contributed by atoms with Crippen molar-refractivity contribution in [1.29, 1.82) is 0 Å². The Bertz CT molecular complexity index is 1610. The summed E-state index contributed by atoms with van der Waals surface area (Å²) in [5.74, 6) is 0. The molecule has 0 unspecified atom stereocenters. The fourth-order valence-corrected chi connectivity index (χ4v) is 10.7. The number of rotatable bonds is 11. The highest BCUT2D eigenvalue weighted by atomic mass is 16.8. The molecule has 14 bridgehead atoms. The molecule has 0 aromatic carbocycles. The minimum atomic E-state index is -2.21. The number of hydrogen-bond donors (Lipinski definition) is 24. The van der Waals surface area contributed by atoms with Crippen LogP contribution in [0.3, 0.4) is 0 Å². The Morgan fingerprint density at radius 2 is 0.375 bits per heavy atom. The van der Waals surface area contributed by atoms with Crippen LogP contribution in [0.1, 0.15) is 13.8 Å². The first-order chi connectivity index (χ1) is 41.9. The first-order valence-corrected chi connectivity index (χ1v) is 28.3. The molecule has 21 aliphatic heterocycles. The second kappa shape index (κ2) is 34.7. The average Bonchev–Trinajstić information content (AvgIpc) is 2.61. The summed E-state index contributed by atoms with van der Waals surface area (Å²) in [4.78, 5) is 0. The summed E-state index contributed by atoms with van der Waals surface area (Å²) < 4.78 is 84.3. The van der Waals surface area contributed by atoms with Crippen molar-refractivity contribution in [2.45, 2.75) is 235 Å². The molecule has 21 rings (SSSR count). The molecule has 0 aromatic heterocycles. The summed E-state index contributed by atoms with van der Waals surface area (Å²) in [6, 6.07) is 0. The van der Waals surface area contributed by atoms with Crippen LogP contribution < -0.4 is 0 Å². The molecule has 88 heavy (non-hydrogen) atoms. The summed E-state index contributed by atoms with van der Waals surface area (Å²) in [7, 11) is 0. The molecule has 0 aliphatic carbocycles. The Morgan fingerprint density at radius 3 is 0.455 bits per heavy atom. The van der Waals surface area contributed by atoms with Crippen molar-refractivity contribution in [3.8, 4) is 0 Å². The molecule has 0 saturated carbocycles. The maximum absolute atomic E-state index is 11.3. The highest BCUT2D eigenvalue weighted by Crippen LogP contribution is 2.39. The van der Waals surface area contributed by atoms with E-state index in [9.17, 15) is 107 Å². The Morgan fingerprint density at radius 1 is 0.239 bits per heavy atom. The monoisotopic (exact) mass is 1300 g/mol. The van der Waals surface area contributed by atoms with E-state index in [1.54, 1.807) is 0 Å². The van der Waals surface area contributed by atoms with Crippen LogP contribution in [-0.2, 0) is 71.1 Å². The van der Waals surface area contributed by atoms with E-state index < -0.39 is 267 Å². The highest BCUT2D eigenvalue weighted by Gasteiger charge is 2.59. The van der Waals surface area contributed by atoms with Gasteiger partial charge in [-0.25, -0.2) is 0 Å². The van der Waals surface area contributed by atoms with Crippen molar-refractivity contribution in [3.05, 3.63) is 0 Å². The molecule has 35 atom stereocenters. The zero-order chi connectivity index (χ0) is 65.2. The van der Waals surface area contributed by atoms with Gasteiger partial charge in [0.25, 0.3) is 0 Å². The smallest absolute Gasteiger partial charge is 0.187 e. The molecule has 24 N–H and O–H groups in total. The van der Waals surface area contributed by atoms with Gasteiger partial charge >= 0.3 is 0 Å². The van der Waals surface area contributed by atoms with Gasteiger partial charge in [0.05, 0.1) is 59.5 Å². The lowest BCUT2D eigenvalue weighted by molar-refractivity contribution is -0.396. The first-order valence-electron chi connectivity index (χ1n) is 28.3. The van der Waals surface area contributed by atoms with Crippen molar-refractivity contribution in [2.75, 3.05) is 72.7 Å². The number of ether oxygens (including phenoxy) is 15. The Hall–Kier alpha value is -1.56. The van der Waals surface area contributed by atoms with Crippen LogP contribution in [0.2, 0.25) is 0 Å². The van der Waals surface area contributed by atoms with Gasteiger partial charge in [0.2, 0.25) is 0 Å². The first kappa shape index (κ1) is 75.5. The Balaban J connectivity index is 0.00000103. The number of aliphatic hydroxyl groups excluding tert-OH is 24. The van der Waals surface area contributed by atoms with Crippen LogP contribution in [0, 0.1) is 0 Å². The fourth-order valence-electron chi connectivity index (χ4n) is 10.7. The maximum Gasteiger partial charge on any atom is 0.187 e. The van der Waals surface area contributed by atoms with E-state index in [-0.39, 0.29) is 13.2 Å². The zero-order valence-corrected chi connectivity index (χ0v) is 47.4. The molecular weight excluding hydrogens is 1210 g/mol. The average molecular weight is 1300 g/mol. The van der Waals surface area contributed by atoms with E-state index in [0.29, 0.717) is 0 Å². The lowest BCUT2D eigenvalue weighted by Gasteiger charge is -2.50. The van der Waals surface area contributed by atoms with Gasteiger partial charge in [0, 0.05) is 13.2 Å². The molecule has 518 valence electrons. The third-order valence-electron chi connectivity index (χ3n) is 15.6. The molecule has 0 aromatic rings. The molecule has 21 aliphatic rings. The van der Waals surface area contributed by atoms with E-state index in [2.05, 4.69) is 0 Å². The summed E-state index contributed by atoms with van der Waals surface area (Å²) in [6.45, 7) is -2.39. The highest BCUT2D eigenvalue weighted by molar-refractivity contribution is 5.01. The largest absolute Gasteiger partial charge is 0.394 e. The third kappa shape index (κ3) is 16.9. The van der Waals surface area contributed by atoms with Crippen LogP contribution in [-0.4, -0.2) is 416 Å². The van der Waals surface area contributed by atoms with Crippen LogP contribution in [0.5, 0.6) is 0 Å². The van der Waals surface area contributed by atoms with Crippen LogP contribution >= 0.6 is 0 Å². The zero-order valence-electron chi connectivity index (χ0n) is 47.4. The van der Waals surface area contributed by atoms with Crippen molar-refractivity contribution >= 4 is 0 Å². The quantitative estimate of drug-likeness (QED) is 0.0913. The molecular formula is C49H88O39. The standard InChI is InChI=1S/C42H70O35.C4H10O.C3H8O3/c43-1-8-29-15(50)22(57)36(64-8)72-30-9(2-44)66-38(24(59)17(30)52)74-32-11(4-46)68-40(26(61)19(32)54)76-34-13(6-48)70-42(28(63)21(34)56)77-35-14(7-49)69-41(27(62)20(35)55)75-33-12(5-47)67-39(25(60)18(33)53)73-31-10(3-45)65-37(71-29)23(58)16(31)51;1-3-5-4-2;4-1-3(6)2-5/h8-63H,1-7H2;3-4H2,1-2H3;3-6H,1-2H2/t8-,9-,10-,11-,12-,13-,14-,15-,16-,17-,18-,19-,20-,21-,22-,23-,24-,25-,26-,27-,28-,29-,30-,31-,32-,33-,34-,35-,36-,37-,38-,39-,40-,41-,42-;;/m1../s1. The summed E-state index contributed by atoms with van der Waals surface area (Å²) in [5, 5.41) is 254. The Kier molecular flexibility index (Phi) is 29.8. The number of hydrogen-bond acceptors (Lipinski definition) is 39. The van der Waals surface area contributed by atoms with Crippen LogP contribution in [0.4, 0.5) is 0 Å². The van der Waals surface area contributed by atoms with Crippen molar-refractivity contribution in [2.24, 2.45) is 0 Å². The van der Waals surface area contributed by atoms with Gasteiger partial charge in [-0.3, -0.25) is 0 Å². The van der Waals surface area contributed by atoms with Crippen LogP contribution in [0.25, 0.3) is 0 Å². The fraction of sp³-hybridized carbons (Fsp3) is 1.00. The van der Waals surface area contributed by atoms with Crippen molar-refractivity contribution in [1.82, 2.24) is 0 Å². The van der Waals surface area contributed by atoms with Gasteiger partial charge in [-0.15, -0.1) is 0 Å². The second-order valence-corrected chi connectivity index (χ2v) is 21.5. The predicted molar refractivity (Wildman–Crippen MR) is 271 cm³/mol. The second-order valence-electron chi connectivity index (χ2n) is 21.5. The third-order valence-corrected chi connectivity index (χ3v) is 15.6. The van der Waals surface area contributed by atoms with E-state index in [0.717, 1.165) is 13.2 Å². The molecule has 0 spiro atoms. The SMILES string of the molecule is CCOCC.OCC(O)CO.OC[C@H]1O[C@@H]2O[C@H]3[C@H](O)[C@@H](O)[C@@H](O[C@H]4[C@H](O)[C@@H](O)[C@@H](O[C@H]5[C@H](O)[C@@H](O)[C@@H](O[C@H]6[C@H](O)[C@@H](O)[C@@H](O[C@H]7[C@H](O)[C@@H](O)[C@@H](O[C@H]8[C@H](O)[C@@H](O)[C@@H](O[C@H]1[C@H](O)[C@H]2O)O[C@@H]8CO)O[C@@H]7CO)O[C@@H]6CO)O[C@@H]5CO)O[C@@H]4CO)O[C@@H]3CO. The summed E-state index contributed by atoms with van der Waals surface area (Å²) >= 11 is 0. The van der Waals surface area contributed by atoms with E-state index >= 15 is 0 Å². The van der Waals surface area contributed by atoms with Crippen molar-refractivity contribution in [3.63, 3.8) is 0 Å². The lowest BCUT2D eigenvalue weighted by Crippen LogP contribution is -2.68. The van der Waals surface area contributed by atoms with E-state index in [1.165, 1.54) is 0 Å². The molecule has 21 fully saturated rings. The van der Waals surface area contributed by atoms with Gasteiger partial charge in [-0.05, 0) is 13.8 Å². The van der Waals surface area contributed by atoms with Crippen LogP contribution in [0.15, 0.2) is 0 Å². The summed E-state index contributed by atoms with van der Waals surface area (Å²) in [5.41, 5.74) is 0. The van der Waals surface area contributed by atoms with E-state index in [1.807, 2.05) is 13.8 Å². The minimum Gasteiger partial charge on any atom is -0.394 e. The van der Waals surface area contributed by atoms with Gasteiger partial charge in [0.15, 0.2) is 44.0 Å². The molecule has 21 saturated heterocycles. The van der Waals surface area contributed by atoms with Gasteiger partial charge in [-0.2, -0.15) is 0 Å². The van der Waals surface area contributed by atoms with Gasteiger partial charge in [0.1, 0.15) is 177 Å². The normalized spacial score (nSPS) is 49.6. The lowest BCUT2D eigenvalue weighted by atomic mass is 9.95. The van der Waals surface area contributed by atoms with Gasteiger partial charge < -0.3 is 194 Å². The topological polar surface area (TPSA) is 624 Å². The minimum absolute atomic E-state index is 0.365.